The first-order valence-electron chi connectivity index (χ1n) is 6.86. The van der Waals surface area contributed by atoms with Gasteiger partial charge in [-0.2, -0.15) is 11.8 Å². The summed E-state index contributed by atoms with van der Waals surface area (Å²) in [6, 6.07) is 8.23. The van der Waals surface area contributed by atoms with Crippen LogP contribution in [-0.2, 0) is 6.42 Å². The summed E-state index contributed by atoms with van der Waals surface area (Å²) in [5.41, 5.74) is 7.39. The van der Waals surface area contributed by atoms with Crippen LogP contribution in [0.1, 0.15) is 37.7 Å². The Hall–Kier alpha value is -0.180. The zero-order chi connectivity index (χ0) is 12.8. The molecule has 18 heavy (non-hydrogen) atoms. The Labute approximate surface area is 119 Å². The van der Waals surface area contributed by atoms with Crippen LogP contribution >= 0.6 is 23.4 Å². The molecule has 0 aliphatic heterocycles. The summed E-state index contributed by atoms with van der Waals surface area (Å²) in [6.45, 7) is 0. The summed E-state index contributed by atoms with van der Waals surface area (Å²) in [7, 11) is 0. The Kier molecular flexibility index (Phi) is 5.87. The van der Waals surface area contributed by atoms with E-state index >= 15 is 0 Å². The van der Waals surface area contributed by atoms with E-state index in [1.54, 1.807) is 0 Å². The molecule has 1 aromatic rings. The maximum absolute atomic E-state index is 6.21. The minimum atomic E-state index is 0.219. The van der Waals surface area contributed by atoms with E-state index in [1.165, 1.54) is 37.7 Å². The molecule has 2 N–H and O–H groups in total. The van der Waals surface area contributed by atoms with Crippen molar-refractivity contribution in [2.45, 2.75) is 49.8 Å². The van der Waals surface area contributed by atoms with Crippen LogP contribution < -0.4 is 5.73 Å². The quantitative estimate of drug-likeness (QED) is 0.873. The SMILES string of the molecule is NC(CSC1CCCCC1)Cc1ccccc1Cl. The van der Waals surface area contributed by atoms with Crippen molar-refractivity contribution in [3.05, 3.63) is 34.9 Å². The van der Waals surface area contributed by atoms with Crippen molar-refractivity contribution in [2.24, 2.45) is 5.73 Å². The molecule has 1 atom stereocenters. The van der Waals surface area contributed by atoms with Crippen molar-refractivity contribution in [1.82, 2.24) is 0 Å². The monoisotopic (exact) mass is 283 g/mol. The lowest BCUT2D eigenvalue weighted by molar-refractivity contribution is 0.515. The normalized spacial score (nSPS) is 18.8. The second-order valence-corrected chi connectivity index (χ2v) is 6.89. The van der Waals surface area contributed by atoms with Gasteiger partial charge in [-0.05, 0) is 30.9 Å². The van der Waals surface area contributed by atoms with Crippen LogP contribution in [0.15, 0.2) is 24.3 Å². The van der Waals surface area contributed by atoms with E-state index < -0.39 is 0 Å². The Morgan fingerprint density at radius 3 is 2.67 bits per heavy atom. The topological polar surface area (TPSA) is 26.0 Å². The molecule has 3 heteroatoms. The fraction of sp³-hybridized carbons (Fsp3) is 0.600. The molecule has 1 fully saturated rings. The first-order chi connectivity index (χ1) is 8.75. The van der Waals surface area contributed by atoms with E-state index in [4.69, 9.17) is 17.3 Å². The van der Waals surface area contributed by atoms with Gasteiger partial charge in [0.05, 0.1) is 0 Å². The van der Waals surface area contributed by atoms with E-state index in [0.29, 0.717) is 0 Å². The third-order valence-electron chi connectivity index (χ3n) is 3.54. The smallest absolute Gasteiger partial charge is 0.0438 e. The van der Waals surface area contributed by atoms with Crippen LogP contribution in [0.2, 0.25) is 5.02 Å². The lowest BCUT2D eigenvalue weighted by atomic mass is 10.0. The minimum absolute atomic E-state index is 0.219. The average Bonchev–Trinajstić information content (AvgIpc) is 2.40. The molecule has 1 aliphatic rings. The highest BCUT2D eigenvalue weighted by Crippen LogP contribution is 2.28. The van der Waals surface area contributed by atoms with E-state index in [1.807, 2.05) is 18.2 Å². The largest absolute Gasteiger partial charge is 0.327 e. The highest BCUT2D eigenvalue weighted by Gasteiger charge is 2.15. The molecule has 1 saturated carbocycles. The minimum Gasteiger partial charge on any atom is -0.327 e. The van der Waals surface area contributed by atoms with Gasteiger partial charge in [-0.1, -0.05) is 49.1 Å². The molecule has 2 rings (SSSR count). The van der Waals surface area contributed by atoms with Crippen molar-refractivity contribution in [3.63, 3.8) is 0 Å². The Bertz CT molecular complexity index is 363. The molecule has 100 valence electrons. The molecular weight excluding hydrogens is 262 g/mol. The zero-order valence-corrected chi connectivity index (χ0v) is 12.3. The molecule has 1 aromatic carbocycles. The van der Waals surface area contributed by atoms with Crippen LogP contribution in [-0.4, -0.2) is 17.0 Å². The van der Waals surface area contributed by atoms with Crippen LogP contribution in [0.4, 0.5) is 0 Å². The maximum Gasteiger partial charge on any atom is 0.0438 e. The van der Waals surface area contributed by atoms with Crippen LogP contribution in [0, 0.1) is 0 Å². The Morgan fingerprint density at radius 2 is 1.94 bits per heavy atom. The van der Waals surface area contributed by atoms with Crippen molar-refractivity contribution in [3.8, 4) is 0 Å². The van der Waals surface area contributed by atoms with Gasteiger partial charge >= 0.3 is 0 Å². The summed E-state index contributed by atoms with van der Waals surface area (Å²) in [6.07, 6.45) is 7.87. The fourth-order valence-electron chi connectivity index (χ4n) is 2.50. The van der Waals surface area contributed by atoms with E-state index in [9.17, 15) is 0 Å². The average molecular weight is 284 g/mol. The molecule has 0 amide bonds. The predicted octanol–water partition coefficient (Wildman–Crippen LogP) is 4.28. The summed E-state index contributed by atoms with van der Waals surface area (Å²) in [5, 5.41) is 1.69. The van der Waals surface area contributed by atoms with E-state index in [0.717, 1.165) is 22.4 Å². The van der Waals surface area contributed by atoms with Crippen molar-refractivity contribution in [1.29, 1.82) is 0 Å². The summed E-state index contributed by atoms with van der Waals surface area (Å²) in [4.78, 5) is 0. The van der Waals surface area contributed by atoms with Gasteiger partial charge in [-0.15, -0.1) is 0 Å². The Morgan fingerprint density at radius 1 is 1.22 bits per heavy atom. The first-order valence-corrected chi connectivity index (χ1v) is 8.29. The fourth-order valence-corrected chi connectivity index (χ4v) is 4.01. The molecule has 1 aliphatic carbocycles. The molecule has 0 heterocycles. The van der Waals surface area contributed by atoms with Crippen LogP contribution in [0.5, 0.6) is 0 Å². The molecule has 0 radical (unpaired) electrons. The second kappa shape index (κ2) is 7.42. The van der Waals surface area contributed by atoms with Crippen molar-refractivity contribution in [2.75, 3.05) is 5.75 Å². The molecule has 0 aromatic heterocycles. The molecule has 0 bridgehead atoms. The highest BCUT2D eigenvalue weighted by atomic mass is 35.5. The van der Waals surface area contributed by atoms with Crippen molar-refractivity contribution < 1.29 is 0 Å². The van der Waals surface area contributed by atoms with Crippen LogP contribution in [0.3, 0.4) is 0 Å². The van der Waals surface area contributed by atoms with Gasteiger partial charge in [0.25, 0.3) is 0 Å². The lowest BCUT2D eigenvalue weighted by Crippen LogP contribution is -2.27. The molecule has 1 unspecified atom stereocenters. The molecule has 0 spiro atoms. The number of benzene rings is 1. The lowest BCUT2D eigenvalue weighted by Gasteiger charge is -2.22. The highest BCUT2D eigenvalue weighted by molar-refractivity contribution is 7.99. The number of thioether (sulfide) groups is 1. The first kappa shape index (κ1) is 14.2. The maximum atomic E-state index is 6.21. The second-order valence-electron chi connectivity index (χ2n) is 5.15. The molecular formula is C15H22ClNS. The standard InChI is InChI=1S/C15H22ClNS/c16-15-9-5-4-6-12(15)10-13(17)11-18-14-7-2-1-3-8-14/h4-6,9,13-14H,1-3,7-8,10-11,17H2. The number of hydrogen-bond acceptors (Lipinski definition) is 2. The Balaban J connectivity index is 1.74. The number of hydrogen-bond donors (Lipinski definition) is 1. The van der Waals surface area contributed by atoms with Gasteiger partial charge in [0.1, 0.15) is 0 Å². The summed E-state index contributed by atoms with van der Waals surface area (Å²) >= 11 is 8.22. The van der Waals surface area contributed by atoms with Gasteiger partial charge in [0.15, 0.2) is 0 Å². The number of rotatable bonds is 5. The third kappa shape index (κ3) is 4.49. The summed E-state index contributed by atoms with van der Waals surface area (Å²) in [5.74, 6) is 1.05. The van der Waals surface area contributed by atoms with Gasteiger partial charge in [0, 0.05) is 22.1 Å². The van der Waals surface area contributed by atoms with Crippen LogP contribution in [0.25, 0.3) is 0 Å². The van der Waals surface area contributed by atoms with Gasteiger partial charge in [-0.25, -0.2) is 0 Å². The third-order valence-corrected chi connectivity index (χ3v) is 5.47. The van der Waals surface area contributed by atoms with Gasteiger partial charge in [0.2, 0.25) is 0 Å². The van der Waals surface area contributed by atoms with E-state index in [2.05, 4.69) is 17.8 Å². The zero-order valence-electron chi connectivity index (χ0n) is 10.8. The number of nitrogens with two attached hydrogens (primary N) is 1. The predicted molar refractivity (Wildman–Crippen MR) is 82.5 cm³/mol. The van der Waals surface area contributed by atoms with E-state index in [-0.39, 0.29) is 6.04 Å². The van der Waals surface area contributed by atoms with Gasteiger partial charge in [-0.3, -0.25) is 0 Å². The van der Waals surface area contributed by atoms with Gasteiger partial charge < -0.3 is 5.73 Å². The number of halogens is 1. The molecule has 0 saturated heterocycles. The summed E-state index contributed by atoms with van der Waals surface area (Å²) < 4.78 is 0. The molecule has 1 nitrogen and oxygen atoms in total. The van der Waals surface area contributed by atoms with Crippen molar-refractivity contribution >= 4 is 23.4 Å².